The minimum atomic E-state index is -0.347. The van der Waals surface area contributed by atoms with Crippen LogP contribution in [0.4, 0.5) is 0 Å². The Morgan fingerprint density at radius 2 is 2.10 bits per heavy atom. The van der Waals surface area contributed by atoms with E-state index in [0.717, 1.165) is 44.1 Å². The van der Waals surface area contributed by atoms with E-state index in [9.17, 15) is 0 Å². The van der Waals surface area contributed by atoms with E-state index in [-0.39, 0.29) is 5.60 Å². The second-order valence-electron chi connectivity index (χ2n) is 6.55. The van der Waals surface area contributed by atoms with E-state index in [1.807, 2.05) is 0 Å². The van der Waals surface area contributed by atoms with Gasteiger partial charge in [-0.2, -0.15) is 4.98 Å². The first kappa shape index (κ1) is 15.0. The standard InChI is InChI=1S/C16H27N3O2/c1-3-17-13-9-6-4-5-8-12(13)14-18-15(19-21-14)16(2)10-7-11-20-16/h12-13,17H,3-11H2,1-2H3. The first-order valence-corrected chi connectivity index (χ1v) is 8.44. The van der Waals surface area contributed by atoms with E-state index in [1.165, 1.54) is 25.7 Å². The molecule has 1 saturated carbocycles. The molecule has 1 aromatic rings. The van der Waals surface area contributed by atoms with Crippen LogP contribution in [0.25, 0.3) is 0 Å². The van der Waals surface area contributed by atoms with Gasteiger partial charge >= 0.3 is 0 Å². The topological polar surface area (TPSA) is 60.2 Å². The molecule has 2 heterocycles. The van der Waals surface area contributed by atoms with E-state index in [0.29, 0.717) is 12.0 Å². The van der Waals surface area contributed by atoms with Crippen LogP contribution >= 0.6 is 0 Å². The second kappa shape index (κ2) is 6.44. The summed E-state index contributed by atoms with van der Waals surface area (Å²) in [7, 11) is 0. The van der Waals surface area contributed by atoms with Crippen molar-refractivity contribution in [1.82, 2.24) is 15.5 Å². The van der Waals surface area contributed by atoms with Crippen molar-refractivity contribution in [2.45, 2.75) is 76.4 Å². The number of rotatable bonds is 4. The van der Waals surface area contributed by atoms with Crippen LogP contribution in [-0.2, 0) is 10.3 Å². The van der Waals surface area contributed by atoms with Gasteiger partial charge in [0.25, 0.3) is 0 Å². The van der Waals surface area contributed by atoms with Crippen molar-refractivity contribution < 1.29 is 9.26 Å². The van der Waals surface area contributed by atoms with Crippen molar-refractivity contribution in [1.29, 1.82) is 0 Å². The van der Waals surface area contributed by atoms with E-state index in [4.69, 9.17) is 14.2 Å². The fourth-order valence-electron chi connectivity index (χ4n) is 3.67. The van der Waals surface area contributed by atoms with Crippen molar-refractivity contribution in [3.8, 4) is 0 Å². The van der Waals surface area contributed by atoms with Gasteiger partial charge in [0.15, 0.2) is 0 Å². The molecule has 0 bridgehead atoms. The molecule has 0 aromatic carbocycles. The number of aromatic nitrogens is 2. The van der Waals surface area contributed by atoms with Gasteiger partial charge in [0, 0.05) is 12.6 Å². The molecule has 2 fully saturated rings. The van der Waals surface area contributed by atoms with Crippen molar-refractivity contribution in [3.05, 3.63) is 11.7 Å². The van der Waals surface area contributed by atoms with Gasteiger partial charge in [-0.1, -0.05) is 31.3 Å². The van der Waals surface area contributed by atoms with Gasteiger partial charge in [-0.05, 0) is 39.2 Å². The molecule has 3 rings (SSSR count). The van der Waals surface area contributed by atoms with Gasteiger partial charge in [-0.3, -0.25) is 0 Å². The lowest BCUT2D eigenvalue weighted by atomic mass is 9.94. The molecule has 1 saturated heterocycles. The minimum absolute atomic E-state index is 0.346. The predicted octanol–water partition coefficient (Wildman–Crippen LogP) is 3.12. The normalized spacial score (nSPS) is 34.0. The zero-order valence-electron chi connectivity index (χ0n) is 13.2. The maximum atomic E-state index is 5.83. The van der Waals surface area contributed by atoms with E-state index < -0.39 is 0 Å². The molecule has 3 atom stereocenters. The molecule has 1 aliphatic heterocycles. The molecular weight excluding hydrogens is 266 g/mol. The molecule has 3 unspecified atom stereocenters. The van der Waals surface area contributed by atoms with Crippen LogP contribution < -0.4 is 5.32 Å². The average Bonchev–Trinajstić information content (AvgIpc) is 3.07. The van der Waals surface area contributed by atoms with Crippen molar-refractivity contribution in [2.24, 2.45) is 0 Å². The third kappa shape index (κ3) is 3.14. The Bertz CT molecular complexity index is 454. The first-order chi connectivity index (χ1) is 10.2. The summed E-state index contributed by atoms with van der Waals surface area (Å²) in [6.07, 6.45) is 8.23. The number of likely N-dealkylation sites (N-methyl/N-ethyl adjacent to an activating group) is 1. The lowest BCUT2D eigenvalue weighted by Crippen LogP contribution is -2.34. The molecule has 21 heavy (non-hydrogen) atoms. The molecule has 1 aromatic heterocycles. The summed E-state index contributed by atoms with van der Waals surface area (Å²) in [6, 6.07) is 0.461. The fourth-order valence-corrected chi connectivity index (χ4v) is 3.67. The van der Waals surface area contributed by atoms with Crippen LogP contribution in [0.15, 0.2) is 4.52 Å². The molecule has 118 valence electrons. The third-order valence-electron chi connectivity index (χ3n) is 4.93. The van der Waals surface area contributed by atoms with Gasteiger partial charge in [0.2, 0.25) is 11.7 Å². The zero-order chi connectivity index (χ0) is 14.7. The Labute approximate surface area is 126 Å². The maximum absolute atomic E-state index is 5.83. The highest BCUT2D eigenvalue weighted by Gasteiger charge is 2.38. The smallest absolute Gasteiger partial charge is 0.231 e. The van der Waals surface area contributed by atoms with Gasteiger partial charge < -0.3 is 14.6 Å². The molecular formula is C16H27N3O2. The van der Waals surface area contributed by atoms with E-state index in [2.05, 4.69) is 24.3 Å². The Morgan fingerprint density at radius 3 is 2.86 bits per heavy atom. The lowest BCUT2D eigenvalue weighted by molar-refractivity contribution is 0.00768. The number of ether oxygens (including phenoxy) is 1. The molecule has 5 nitrogen and oxygen atoms in total. The monoisotopic (exact) mass is 293 g/mol. The molecule has 0 spiro atoms. The Hall–Kier alpha value is -0.940. The highest BCUT2D eigenvalue weighted by atomic mass is 16.5. The summed E-state index contributed by atoms with van der Waals surface area (Å²) in [6.45, 7) is 6.02. The van der Waals surface area contributed by atoms with E-state index >= 15 is 0 Å². The van der Waals surface area contributed by atoms with E-state index in [1.54, 1.807) is 0 Å². The fraction of sp³-hybridized carbons (Fsp3) is 0.875. The maximum Gasteiger partial charge on any atom is 0.231 e. The number of nitrogens with zero attached hydrogens (tertiary/aromatic N) is 2. The molecule has 0 radical (unpaired) electrons. The van der Waals surface area contributed by atoms with Gasteiger partial charge in [-0.15, -0.1) is 0 Å². The Morgan fingerprint density at radius 1 is 1.24 bits per heavy atom. The molecule has 0 amide bonds. The summed E-state index contributed by atoms with van der Waals surface area (Å²) >= 11 is 0. The van der Waals surface area contributed by atoms with Crippen LogP contribution in [0.2, 0.25) is 0 Å². The predicted molar refractivity (Wildman–Crippen MR) is 80.1 cm³/mol. The summed E-state index contributed by atoms with van der Waals surface area (Å²) < 4.78 is 11.5. The van der Waals surface area contributed by atoms with Crippen molar-refractivity contribution in [3.63, 3.8) is 0 Å². The quantitative estimate of drug-likeness (QED) is 0.864. The van der Waals surface area contributed by atoms with Crippen molar-refractivity contribution >= 4 is 0 Å². The number of nitrogens with one attached hydrogen (secondary N) is 1. The Kier molecular flexibility index (Phi) is 4.60. The zero-order valence-corrected chi connectivity index (χ0v) is 13.2. The third-order valence-corrected chi connectivity index (χ3v) is 4.93. The van der Waals surface area contributed by atoms with Crippen LogP contribution in [-0.4, -0.2) is 29.3 Å². The van der Waals surface area contributed by atoms with Crippen LogP contribution in [0, 0.1) is 0 Å². The van der Waals surface area contributed by atoms with Gasteiger partial charge in [0.1, 0.15) is 5.60 Å². The van der Waals surface area contributed by atoms with Crippen LogP contribution in [0.1, 0.15) is 76.4 Å². The first-order valence-electron chi connectivity index (χ1n) is 8.44. The van der Waals surface area contributed by atoms with Gasteiger partial charge in [0.05, 0.1) is 5.92 Å². The Balaban J connectivity index is 1.79. The van der Waals surface area contributed by atoms with Gasteiger partial charge in [-0.25, -0.2) is 0 Å². The summed E-state index contributed by atoms with van der Waals surface area (Å²) in [4.78, 5) is 4.72. The molecule has 5 heteroatoms. The SMILES string of the molecule is CCNC1CCCCCC1c1nc(C2(C)CCCO2)no1. The average molecular weight is 293 g/mol. The lowest BCUT2D eigenvalue weighted by Gasteiger charge is -2.22. The second-order valence-corrected chi connectivity index (χ2v) is 6.55. The largest absolute Gasteiger partial charge is 0.367 e. The number of hydrogen-bond acceptors (Lipinski definition) is 5. The van der Waals surface area contributed by atoms with Crippen LogP contribution in [0.3, 0.4) is 0 Å². The van der Waals surface area contributed by atoms with Crippen LogP contribution in [0.5, 0.6) is 0 Å². The van der Waals surface area contributed by atoms with Crippen molar-refractivity contribution in [2.75, 3.05) is 13.2 Å². The number of hydrogen-bond donors (Lipinski definition) is 1. The molecule has 2 aliphatic rings. The summed E-state index contributed by atoms with van der Waals surface area (Å²) in [5, 5.41) is 7.83. The highest BCUT2D eigenvalue weighted by molar-refractivity contribution is 5.06. The summed E-state index contributed by atoms with van der Waals surface area (Å²) in [5.41, 5.74) is -0.347. The summed E-state index contributed by atoms with van der Waals surface area (Å²) in [5.74, 6) is 1.88. The molecule has 1 N–H and O–H groups in total. The highest BCUT2D eigenvalue weighted by Crippen LogP contribution is 2.36. The minimum Gasteiger partial charge on any atom is -0.367 e. The molecule has 1 aliphatic carbocycles.